The van der Waals surface area contributed by atoms with Crippen LogP contribution in [0.3, 0.4) is 0 Å². The molecule has 20 heavy (non-hydrogen) atoms. The molecular formula is C15H23N3O2. The molecule has 2 N–H and O–H groups in total. The number of likely N-dealkylation sites (N-methyl/N-ethyl adjacent to an activating group) is 1. The summed E-state index contributed by atoms with van der Waals surface area (Å²) >= 11 is 0. The maximum absolute atomic E-state index is 11.1. The molecule has 5 nitrogen and oxygen atoms in total. The highest BCUT2D eigenvalue weighted by Crippen LogP contribution is 2.28. The smallest absolute Gasteiger partial charge is 0.303 e. The minimum atomic E-state index is -0.320. The molecule has 0 spiro atoms. The molecule has 1 aliphatic heterocycles. The first-order valence-electron chi connectivity index (χ1n) is 6.97. The van der Waals surface area contributed by atoms with Crippen LogP contribution in [-0.4, -0.2) is 44.1 Å². The van der Waals surface area contributed by atoms with E-state index in [1.165, 1.54) is 6.92 Å². The van der Waals surface area contributed by atoms with Crippen LogP contribution in [0.15, 0.2) is 18.2 Å². The number of anilines is 2. The van der Waals surface area contributed by atoms with Crippen molar-refractivity contribution in [1.29, 1.82) is 0 Å². The van der Waals surface area contributed by atoms with Crippen molar-refractivity contribution in [1.82, 2.24) is 4.90 Å². The van der Waals surface area contributed by atoms with Gasteiger partial charge in [-0.1, -0.05) is 0 Å². The average molecular weight is 277 g/mol. The molecule has 1 atom stereocenters. The van der Waals surface area contributed by atoms with Gasteiger partial charge in [-0.25, -0.2) is 0 Å². The van der Waals surface area contributed by atoms with Crippen molar-refractivity contribution in [3.8, 4) is 0 Å². The third-order valence-corrected chi connectivity index (χ3v) is 3.72. The molecule has 1 saturated heterocycles. The van der Waals surface area contributed by atoms with Crippen molar-refractivity contribution < 1.29 is 9.53 Å². The van der Waals surface area contributed by atoms with E-state index >= 15 is 0 Å². The number of piperazine rings is 1. The number of nitrogens with two attached hydrogens (primary N) is 1. The van der Waals surface area contributed by atoms with Crippen molar-refractivity contribution in [3.63, 3.8) is 0 Å². The molecule has 1 heterocycles. The minimum absolute atomic E-state index is 0.290. The van der Waals surface area contributed by atoms with Gasteiger partial charge in [0.2, 0.25) is 0 Å². The fraction of sp³-hybridized carbons (Fsp3) is 0.533. The third kappa shape index (κ3) is 3.42. The Morgan fingerprint density at radius 2 is 1.95 bits per heavy atom. The van der Waals surface area contributed by atoms with Crippen LogP contribution in [0.25, 0.3) is 0 Å². The summed E-state index contributed by atoms with van der Waals surface area (Å²) in [6, 6.07) is 5.96. The largest absolute Gasteiger partial charge is 0.458 e. The van der Waals surface area contributed by atoms with Gasteiger partial charge in [-0.2, -0.15) is 0 Å². The van der Waals surface area contributed by atoms with Gasteiger partial charge < -0.3 is 20.3 Å². The number of rotatable bonds is 3. The highest BCUT2D eigenvalue weighted by Gasteiger charge is 2.17. The molecule has 0 aromatic heterocycles. The Bertz CT molecular complexity index is 482. The van der Waals surface area contributed by atoms with Crippen LogP contribution >= 0.6 is 0 Å². The van der Waals surface area contributed by atoms with Gasteiger partial charge in [-0.05, 0) is 32.2 Å². The molecule has 5 heteroatoms. The van der Waals surface area contributed by atoms with Gasteiger partial charge in [0, 0.05) is 50.0 Å². The molecule has 2 rings (SSSR count). The monoisotopic (exact) mass is 277 g/mol. The Kier molecular flexibility index (Phi) is 4.49. The average Bonchev–Trinajstić information content (AvgIpc) is 2.39. The lowest BCUT2D eigenvalue weighted by Gasteiger charge is -2.34. The van der Waals surface area contributed by atoms with E-state index in [9.17, 15) is 4.79 Å². The number of carbonyl (C=O) groups is 1. The number of benzene rings is 1. The molecule has 0 aliphatic carbocycles. The molecule has 0 bridgehead atoms. The van der Waals surface area contributed by atoms with Gasteiger partial charge >= 0.3 is 5.97 Å². The van der Waals surface area contributed by atoms with Gasteiger partial charge in [0.05, 0.1) is 0 Å². The lowest BCUT2D eigenvalue weighted by molar-refractivity contribution is -0.145. The molecule has 1 unspecified atom stereocenters. The molecule has 1 aliphatic rings. The van der Waals surface area contributed by atoms with Gasteiger partial charge in [0.25, 0.3) is 0 Å². The van der Waals surface area contributed by atoms with E-state index in [1.54, 1.807) is 0 Å². The highest BCUT2D eigenvalue weighted by molar-refractivity contribution is 5.67. The number of nitrogen functional groups attached to an aromatic ring is 1. The predicted octanol–water partition coefficient (Wildman–Crippen LogP) is 1.64. The summed E-state index contributed by atoms with van der Waals surface area (Å²) in [5.41, 5.74) is 8.68. The van der Waals surface area contributed by atoms with Gasteiger partial charge in [-0.3, -0.25) is 4.79 Å². The topological polar surface area (TPSA) is 58.8 Å². The zero-order valence-corrected chi connectivity index (χ0v) is 12.4. The highest BCUT2D eigenvalue weighted by atomic mass is 16.5. The van der Waals surface area contributed by atoms with Crippen molar-refractivity contribution in [2.45, 2.75) is 20.0 Å². The number of nitrogens with zero attached hydrogens (tertiary/aromatic N) is 2. The molecule has 0 radical (unpaired) electrons. The van der Waals surface area contributed by atoms with Crippen molar-refractivity contribution >= 4 is 17.3 Å². The molecular weight excluding hydrogens is 254 g/mol. The Labute approximate surface area is 120 Å². The minimum Gasteiger partial charge on any atom is -0.458 e. The fourth-order valence-corrected chi connectivity index (χ4v) is 2.49. The third-order valence-electron chi connectivity index (χ3n) is 3.72. The predicted molar refractivity (Wildman–Crippen MR) is 80.7 cm³/mol. The summed E-state index contributed by atoms with van der Waals surface area (Å²) in [6.45, 7) is 7.37. The van der Waals surface area contributed by atoms with Crippen LogP contribution in [0.5, 0.6) is 0 Å². The first kappa shape index (κ1) is 14.7. The number of ether oxygens (including phenoxy) is 1. The van der Waals surface area contributed by atoms with Crippen LogP contribution < -0.4 is 10.6 Å². The lowest BCUT2D eigenvalue weighted by Crippen LogP contribution is -2.44. The summed E-state index contributed by atoms with van der Waals surface area (Å²) in [5, 5.41) is 0. The molecule has 1 aromatic carbocycles. The number of esters is 1. The van der Waals surface area contributed by atoms with Crippen LogP contribution in [0.1, 0.15) is 25.5 Å². The van der Waals surface area contributed by atoms with Crippen LogP contribution in [0.4, 0.5) is 11.4 Å². The SMILES string of the molecule is CC(=O)OC(C)c1cc(N2CCN(C)CC2)ccc1N. The maximum atomic E-state index is 11.1. The number of hydrogen-bond donors (Lipinski definition) is 1. The van der Waals surface area contributed by atoms with E-state index in [1.807, 2.05) is 25.1 Å². The van der Waals surface area contributed by atoms with E-state index in [0.717, 1.165) is 37.4 Å². The van der Waals surface area contributed by atoms with E-state index < -0.39 is 0 Å². The molecule has 1 fully saturated rings. The Balaban J connectivity index is 2.17. The quantitative estimate of drug-likeness (QED) is 0.672. The van der Waals surface area contributed by atoms with E-state index in [4.69, 9.17) is 10.5 Å². The zero-order valence-electron chi connectivity index (χ0n) is 12.4. The van der Waals surface area contributed by atoms with Crippen LogP contribution in [0, 0.1) is 0 Å². The molecule has 1 aromatic rings. The molecule has 0 saturated carbocycles. The number of hydrogen-bond acceptors (Lipinski definition) is 5. The Morgan fingerprint density at radius 1 is 1.30 bits per heavy atom. The van der Waals surface area contributed by atoms with Crippen LogP contribution in [0.2, 0.25) is 0 Å². The van der Waals surface area contributed by atoms with Crippen molar-refractivity contribution in [2.24, 2.45) is 0 Å². The van der Waals surface area contributed by atoms with E-state index in [0.29, 0.717) is 5.69 Å². The Morgan fingerprint density at radius 3 is 2.55 bits per heavy atom. The number of carbonyl (C=O) groups excluding carboxylic acids is 1. The van der Waals surface area contributed by atoms with Crippen molar-refractivity contribution in [3.05, 3.63) is 23.8 Å². The van der Waals surface area contributed by atoms with E-state index in [2.05, 4.69) is 16.8 Å². The summed E-state index contributed by atoms with van der Waals surface area (Å²) in [4.78, 5) is 15.7. The van der Waals surface area contributed by atoms with Gasteiger partial charge in [0.15, 0.2) is 0 Å². The zero-order chi connectivity index (χ0) is 14.7. The standard InChI is InChI=1S/C15H23N3O2/c1-11(20-12(2)19)14-10-13(4-5-15(14)16)18-8-6-17(3)7-9-18/h4-5,10-11H,6-9,16H2,1-3H3. The van der Waals surface area contributed by atoms with Gasteiger partial charge in [-0.15, -0.1) is 0 Å². The molecule has 0 amide bonds. The molecule has 110 valence electrons. The maximum Gasteiger partial charge on any atom is 0.303 e. The van der Waals surface area contributed by atoms with Crippen LogP contribution in [-0.2, 0) is 9.53 Å². The summed E-state index contributed by atoms with van der Waals surface area (Å²) < 4.78 is 5.23. The first-order chi connectivity index (χ1) is 9.47. The normalized spacial score (nSPS) is 17.9. The second-order valence-electron chi connectivity index (χ2n) is 5.36. The first-order valence-corrected chi connectivity index (χ1v) is 6.97. The second-order valence-corrected chi connectivity index (χ2v) is 5.36. The van der Waals surface area contributed by atoms with Crippen molar-refractivity contribution in [2.75, 3.05) is 43.9 Å². The van der Waals surface area contributed by atoms with E-state index in [-0.39, 0.29) is 12.1 Å². The Hall–Kier alpha value is -1.75. The second kappa shape index (κ2) is 6.13. The summed E-state index contributed by atoms with van der Waals surface area (Å²) in [5.74, 6) is -0.290. The fourth-order valence-electron chi connectivity index (χ4n) is 2.49. The lowest BCUT2D eigenvalue weighted by atomic mass is 10.1. The summed E-state index contributed by atoms with van der Waals surface area (Å²) in [7, 11) is 2.13. The van der Waals surface area contributed by atoms with Gasteiger partial charge in [0.1, 0.15) is 6.10 Å². The summed E-state index contributed by atoms with van der Waals surface area (Å²) in [6.07, 6.45) is -0.320.